The van der Waals surface area contributed by atoms with E-state index in [-0.39, 0.29) is 12.0 Å². The Hall–Kier alpha value is -2.83. The van der Waals surface area contributed by atoms with E-state index in [1.165, 1.54) is 6.07 Å². The number of rotatable bonds is 4. The molecule has 1 N–H and O–H groups in total. The molecule has 0 aliphatic carbocycles. The van der Waals surface area contributed by atoms with Crippen molar-refractivity contribution in [2.75, 3.05) is 0 Å². The van der Waals surface area contributed by atoms with Crippen molar-refractivity contribution in [1.29, 1.82) is 5.53 Å². The van der Waals surface area contributed by atoms with Crippen molar-refractivity contribution in [1.82, 2.24) is 4.98 Å². The van der Waals surface area contributed by atoms with E-state index in [0.29, 0.717) is 11.6 Å². The minimum atomic E-state index is -4.80. The molecule has 0 spiro atoms. The number of alkyl halides is 3. The number of benzene rings is 2. The van der Waals surface area contributed by atoms with E-state index in [0.717, 1.165) is 17.0 Å². The molecule has 128 valence electrons. The Morgan fingerprint density at radius 1 is 1.04 bits per heavy atom. The Bertz CT molecular complexity index is 916. The highest BCUT2D eigenvalue weighted by Crippen LogP contribution is 2.35. The van der Waals surface area contributed by atoms with Gasteiger partial charge in [-0.05, 0) is 23.8 Å². The Morgan fingerprint density at radius 3 is 2.52 bits per heavy atom. The summed E-state index contributed by atoms with van der Waals surface area (Å²) in [4.78, 5) is 4.21. The van der Waals surface area contributed by atoms with Gasteiger partial charge in [0.05, 0.1) is 11.1 Å². The summed E-state index contributed by atoms with van der Waals surface area (Å²) in [6.45, 7) is 0. The molecule has 0 bridgehead atoms. The van der Waals surface area contributed by atoms with Gasteiger partial charge in [-0.25, -0.2) is 9.92 Å². The molecule has 3 nitrogen and oxygen atoms in total. The molecule has 0 fully saturated rings. The van der Waals surface area contributed by atoms with E-state index in [4.69, 9.17) is 5.53 Å². The summed E-state index contributed by atoms with van der Waals surface area (Å²) in [6.07, 6.45) is -3.12. The van der Waals surface area contributed by atoms with Gasteiger partial charge < -0.3 is 0 Å². The third-order valence-electron chi connectivity index (χ3n) is 4.00. The largest absolute Gasteiger partial charge is 0.419 e. The maximum Gasteiger partial charge on any atom is 0.419 e. The van der Waals surface area contributed by atoms with Gasteiger partial charge in [0.2, 0.25) is 0 Å². The summed E-state index contributed by atoms with van der Waals surface area (Å²) in [5.41, 5.74) is 7.20. The zero-order valence-electron chi connectivity index (χ0n) is 12.9. The van der Waals surface area contributed by atoms with Crippen LogP contribution in [0, 0.1) is 11.3 Å². The van der Waals surface area contributed by atoms with Crippen LogP contribution in [-0.4, -0.2) is 4.98 Å². The van der Waals surface area contributed by atoms with E-state index < -0.39 is 23.6 Å². The topological polar surface area (TPSA) is 49.1 Å². The summed E-state index contributed by atoms with van der Waals surface area (Å²) >= 11 is 0. The number of aromatic nitrogens is 1. The normalized spacial score (nSPS) is 13.0. The third kappa shape index (κ3) is 3.35. The molecule has 1 heterocycles. The maximum absolute atomic E-state index is 14.3. The molecular formula is C18H13F4N3. The van der Waals surface area contributed by atoms with Crippen LogP contribution in [0.5, 0.6) is 0 Å². The molecule has 0 aliphatic heterocycles. The summed E-state index contributed by atoms with van der Waals surface area (Å²) in [5.74, 6) is -1.38. The molecule has 2 aromatic carbocycles. The summed E-state index contributed by atoms with van der Waals surface area (Å²) in [5, 5.41) is 4.16. The highest BCUT2D eigenvalue weighted by atomic mass is 19.4. The molecule has 0 radical (unpaired) electrons. The number of hydrogen-bond acceptors (Lipinski definition) is 3. The van der Waals surface area contributed by atoms with Gasteiger partial charge in [-0.2, -0.15) is 18.3 Å². The number of nitrogens with one attached hydrogen (secondary N) is 1. The van der Waals surface area contributed by atoms with Crippen molar-refractivity contribution in [3.63, 3.8) is 0 Å². The first-order chi connectivity index (χ1) is 11.9. The van der Waals surface area contributed by atoms with Crippen LogP contribution in [0.25, 0.3) is 10.9 Å². The van der Waals surface area contributed by atoms with Crippen LogP contribution in [0.4, 0.5) is 17.6 Å². The van der Waals surface area contributed by atoms with Crippen LogP contribution in [0.15, 0.2) is 59.8 Å². The van der Waals surface area contributed by atoms with Crippen molar-refractivity contribution >= 4 is 10.9 Å². The predicted octanol–water partition coefficient (Wildman–Crippen LogP) is 5.71. The van der Waals surface area contributed by atoms with E-state index in [1.54, 1.807) is 18.3 Å². The lowest BCUT2D eigenvalue weighted by Crippen LogP contribution is -2.12. The van der Waals surface area contributed by atoms with E-state index in [9.17, 15) is 17.6 Å². The van der Waals surface area contributed by atoms with Gasteiger partial charge >= 0.3 is 6.18 Å². The fourth-order valence-electron chi connectivity index (χ4n) is 2.79. The number of para-hydroxylation sites is 1. The Morgan fingerprint density at radius 2 is 1.80 bits per heavy atom. The van der Waals surface area contributed by atoms with Gasteiger partial charge in [-0.15, -0.1) is 0 Å². The lowest BCUT2D eigenvalue weighted by molar-refractivity contribution is -0.140. The molecule has 3 aromatic rings. The summed E-state index contributed by atoms with van der Waals surface area (Å²) in [6, 6.07) is 10.9. The molecule has 25 heavy (non-hydrogen) atoms. The van der Waals surface area contributed by atoms with Gasteiger partial charge in [0.15, 0.2) is 0 Å². The molecule has 1 unspecified atom stereocenters. The second-order valence-corrected chi connectivity index (χ2v) is 5.54. The Labute approximate surface area is 140 Å². The second-order valence-electron chi connectivity index (χ2n) is 5.54. The Balaban J connectivity index is 2.03. The standard InChI is InChI=1S/C18H13F4N3/c19-17-13(5-3-6-14(17)18(20,21)22)16(25-23)10-11-8-9-24-15-7-2-1-4-12(11)15/h1-9,16,23H,10H2. The Kier molecular flexibility index (Phi) is 4.48. The number of fused-ring (bicyclic) bond motifs is 1. The van der Waals surface area contributed by atoms with Crippen molar-refractivity contribution in [2.45, 2.75) is 18.6 Å². The minimum Gasteiger partial charge on any atom is -0.256 e. The maximum atomic E-state index is 14.3. The third-order valence-corrected chi connectivity index (χ3v) is 4.00. The van der Waals surface area contributed by atoms with E-state index in [2.05, 4.69) is 10.1 Å². The predicted molar refractivity (Wildman–Crippen MR) is 84.7 cm³/mol. The van der Waals surface area contributed by atoms with Crippen LogP contribution < -0.4 is 0 Å². The van der Waals surface area contributed by atoms with Crippen LogP contribution >= 0.6 is 0 Å². The zero-order chi connectivity index (χ0) is 18.0. The first-order valence-corrected chi connectivity index (χ1v) is 7.46. The van der Waals surface area contributed by atoms with Gasteiger partial charge in [-0.3, -0.25) is 4.98 Å². The fourth-order valence-corrected chi connectivity index (χ4v) is 2.79. The average molecular weight is 347 g/mol. The van der Waals surface area contributed by atoms with Gasteiger partial charge in [0, 0.05) is 23.6 Å². The monoisotopic (exact) mass is 347 g/mol. The second kappa shape index (κ2) is 6.58. The van der Waals surface area contributed by atoms with Crippen LogP contribution in [-0.2, 0) is 12.6 Å². The van der Waals surface area contributed by atoms with E-state index >= 15 is 0 Å². The molecule has 1 aromatic heterocycles. The molecule has 0 amide bonds. The summed E-state index contributed by atoms with van der Waals surface area (Å²) in [7, 11) is 0. The zero-order valence-corrected chi connectivity index (χ0v) is 12.9. The quantitative estimate of drug-likeness (QED) is 0.477. The van der Waals surface area contributed by atoms with Crippen molar-refractivity contribution in [3.05, 3.63) is 77.2 Å². The average Bonchev–Trinajstić information content (AvgIpc) is 2.59. The molecular weight excluding hydrogens is 334 g/mol. The van der Waals surface area contributed by atoms with Crippen molar-refractivity contribution in [2.24, 2.45) is 5.11 Å². The van der Waals surface area contributed by atoms with Crippen molar-refractivity contribution < 1.29 is 17.6 Å². The van der Waals surface area contributed by atoms with Crippen LogP contribution in [0.3, 0.4) is 0 Å². The van der Waals surface area contributed by atoms with Crippen LogP contribution in [0.1, 0.15) is 22.7 Å². The SMILES string of the molecule is N=NC(Cc1ccnc2ccccc12)c1cccc(C(F)(F)F)c1F. The fraction of sp³-hybridized carbons (Fsp3) is 0.167. The highest BCUT2D eigenvalue weighted by Gasteiger charge is 2.35. The minimum absolute atomic E-state index is 0.102. The molecule has 0 saturated heterocycles. The van der Waals surface area contributed by atoms with Gasteiger partial charge in [0.1, 0.15) is 11.9 Å². The van der Waals surface area contributed by atoms with Crippen LogP contribution in [0.2, 0.25) is 0 Å². The molecule has 3 rings (SSSR count). The highest BCUT2D eigenvalue weighted by molar-refractivity contribution is 5.81. The smallest absolute Gasteiger partial charge is 0.256 e. The number of hydrogen-bond donors (Lipinski definition) is 1. The first-order valence-electron chi connectivity index (χ1n) is 7.46. The number of nitrogens with zero attached hydrogens (tertiary/aromatic N) is 2. The van der Waals surface area contributed by atoms with Gasteiger partial charge in [-0.1, -0.05) is 30.3 Å². The molecule has 7 heteroatoms. The number of pyridine rings is 1. The van der Waals surface area contributed by atoms with E-state index in [1.807, 2.05) is 18.2 Å². The lowest BCUT2D eigenvalue weighted by atomic mass is 9.95. The molecule has 0 aliphatic rings. The lowest BCUT2D eigenvalue weighted by Gasteiger charge is -2.16. The first kappa shape index (κ1) is 17.0. The summed E-state index contributed by atoms with van der Waals surface area (Å²) < 4.78 is 53.1. The van der Waals surface area contributed by atoms with Gasteiger partial charge in [0.25, 0.3) is 0 Å². The number of halogens is 4. The molecule has 0 saturated carbocycles. The van der Waals surface area contributed by atoms with Crippen molar-refractivity contribution in [3.8, 4) is 0 Å². The molecule has 1 atom stereocenters.